The van der Waals surface area contributed by atoms with E-state index in [1.807, 2.05) is 0 Å². The van der Waals surface area contributed by atoms with E-state index in [-0.39, 0.29) is 10.6 Å². The average Bonchev–Trinajstić information content (AvgIpc) is 2.78. The maximum atomic E-state index is 14.0. The molecule has 3 aromatic rings. The van der Waals surface area contributed by atoms with E-state index in [1.165, 1.54) is 24.3 Å². The summed E-state index contributed by atoms with van der Waals surface area (Å²) in [5.41, 5.74) is 2.39. The first kappa shape index (κ1) is 24.7. The quantitative estimate of drug-likeness (QED) is 0.502. The van der Waals surface area contributed by atoms with Gasteiger partial charge in [-0.05, 0) is 79.9 Å². The Labute approximate surface area is 208 Å². The van der Waals surface area contributed by atoms with Crippen molar-refractivity contribution in [3.8, 4) is 0 Å². The largest absolute Gasteiger partial charge is 0.326 e. The van der Waals surface area contributed by atoms with E-state index >= 15 is 0 Å². The first-order valence-corrected chi connectivity index (χ1v) is 12.6. The molecule has 1 atom stereocenters. The number of halogens is 2. The SMILES string of the molecule is Cc1cc(S(=O)(=O)N2c3ccccc3NC(=O)C2CC(=O)Nc2ccc(F)cc2C)c(C)cc1Cl. The molecule has 1 aliphatic heterocycles. The Morgan fingerprint density at radius 2 is 1.77 bits per heavy atom. The molecule has 0 aromatic heterocycles. The molecule has 2 N–H and O–H groups in total. The molecular formula is C25H23ClFN3O4S. The highest BCUT2D eigenvalue weighted by atomic mass is 35.5. The van der Waals surface area contributed by atoms with Crippen LogP contribution in [0.4, 0.5) is 21.5 Å². The van der Waals surface area contributed by atoms with E-state index < -0.39 is 40.1 Å². The van der Waals surface area contributed by atoms with Gasteiger partial charge in [-0.15, -0.1) is 0 Å². The van der Waals surface area contributed by atoms with Crippen LogP contribution in [-0.4, -0.2) is 26.3 Å². The van der Waals surface area contributed by atoms with Crippen LogP contribution >= 0.6 is 11.6 Å². The number of benzene rings is 3. The second-order valence-electron chi connectivity index (χ2n) is 8.40. The predicted octanol–water partition coefficient (Wildman–Crippen LogP) is 4.95. The van der Waals surface area contributed by atoms with Gasteiger partial charge in [-0.1, -0.05) is 23.7 Å². The smallest absolute Gasteiger partial charge is 0.265 e. The second kappa shape index (κ2) is 9.31. The number of para-hydroxylation sites is 2. The minimum Gasteiger partial charge on any atom is -0.326 e. The fraction of sp³-hybridized carbons (Fsp3) is 0.200. The summed E-state index contributed by atoms with van der Waals surface area (Å²) in [6.45, 7) is 4.94. The number of sulfonamides is 1. The van der Waals surface area contributed by atoms with Crippen LogP contribution in [0.25, 0.3) is 0 Å². The number of carbonyl (C=O) groups is 2. The Hall–Kier alpha value is -3.43. The first-order valence-electron chi connectivity index (χ1n) is 10.8. The van der Waals surface area contributed by atoms with Crippen LogP contribution in [0.2, 0.25) is 5.02 Å². The zero-order valence-corrected chi connectivity index (χ0v) is 20.8. The Morgan fingerprint density at radius 3 is 2.49 bits per heavy atom. The third-order valence-electron chi connectivity index (χ3n) is 5.82. The molecular weight excluding hydrogens is 493 g/mol. The number of anilines is 3. The standard InChI is InChI=1S/C25H23ClFN3O4S/c1-14-12-23(16(3)11-18(14)26)35(33,34)30-21-7-5-4-6-20(21)29-25(32)22(30)13-24(31)28-19-9-8-17(27)10-15(19)2/h4-12,22H,13H2,1-3H3,(H,28,31)(H,29,32). The Bertz CT molecular complexity index is 1460. The number of nitrogens with zero attached hydrogens (tertiary/aromatic N) is 1. The number of fused-ring (bicyclic) bond motifs is 1. The van der Waals surface area contributed by atoms with Gasteiger partial charge in [0, 0.05) is 10.7 Å². The van der Waals surface area contributed by atoms with Crippen LogP contribution in [0, 0.1) is 26.6 Å². The van der Waals surface area contributed by atoms with E-state index in [0.717, 1.165) is 4.31 Å². The molecule has 0 fully saturated rings. The molecule has 0 saturated heterocycles. The number of hydrogen-bond donors (Lipinski definition) is 2. The van der Waals surface area contributed by atoms with Crippen molar-refractivity contribution >= 4 is 50.5 Å². The van der Waals surface area contributed by atoms with Crippen molar-refractivity contribution in [2.45, 2.75) is 38.1 Å². The lowest BCUT2D eigenvalue weighted by molar-refractivity contribution is -0.122. The molecule has 10 heteroatoms. The summed E-state index contributed by atoms with van der Waals surface area (Å²) in [7, 11) is -4.28. The van der Waals surface area contributed by atoms with Gasteiger partial charge in [0.15, 0.2) is 0 Å². The highest BCUT2D eigenvalue weighted by Crippen LogP contribution is 2.38. The molecule has 0 saturated carbocycles. The predicted molar refractivity (Wildman–Crippen MR) is 134 cm³/mol. The van der Waals surface area contributed by atoms with E-state index in [4.69, 9.17) is 11.6 Å². The van der Waals surface area contributed by atoms with E-state index in [2.05, 4.69) is 10.6 Å². The molecule has 0 spiro atoms. The maximum absolute atomic E-state index is 14.0. The third kappa shape index (κ3) is 4.74. The van der Waals surface area contributed by atoms with Crippen LogP contribution < -0.4 is 14.9 Å². The fourth-order valence-corrected chi connectivity index (χ4v) is 6.16. The molecule has 0 radical (unpaired) electrons. The van der Waals surface area contributed by atoms with Crippen LogP contribution in [0.3, 0.4) is 0 Å². The van der Waals surface area contributed by atoms with Crippen LogP contribution in [0.1, 0.15) is 23.1 Å². The number of carbonyl (C=O) groups excluding carboxylic acids is 2. The first-order chi connectivity index (χ1) is 16.5. The van der Waals surface area contributed by atoms with E-state index in [1.54, 1.807) is 51.1 Å². The minimum atomic E-state index is -4.28. The second-order valence-corrected chi connectivity index (χ2v) is 10.6. The lowest BCUT2D eigenvalue weighted by atomic mass is 10.1. The zero-order chi connectivity index (χ0) is 25.5. The Morgan fingerprint density at radius 1 is 1.06 bits per heavy atom. The van der Waals surface area contributed by atoms with Gasteiger partial charge in [-0.25, -0.2) is 12.8 Å². The summed E-state index contributed by atoms with van der Waals surface area (Å²) in [5.74, 6) is -1.68. The molecule has 3 aromatic carbocycles. The number of rotatable bonds is 5. The zero-order valence-electron chi connectivity index (χ0n) is 19.2. The van der Waals surface area contributed by atoms with Crippen molar-refractivity contribution in [1.82, 2.24) is 0 Å². The van der Waals surface area contributed by atoms with Gasteiger partial charge in [-0.3, -0.25) is 13.9 Å². The number of nitrogens with one attached hydrogen (secondary N) is 2. The highest BCUT2D eigenvalue weighted by Gasteiger charge is 2.42. The summed E-state index contributed by atoms with van der Waals surface area (Å²) >= 11 is 6.17. The highest BCUT2D eigenvalue weighted by molar-refractivity contribution is 7.93. The molecule has 1 heterocycles. The molecule has 1 unspecified atom stereocenters. The normalized spacial score (nSPS) is 15.4. The van der Waals surface area contributed by atoms with Crippen LogP contribution in [0.5, 0.6) is 0 Å². The van der Waals surface area contributed by atoms with Crippen LogP contribution in [-0.2, 0) is 19.6 Å². The van der Waals surface area contributed by atoms with E-state index in [0.29, 0.717) is 33.1 Å². The summed E-state index contributed by atoms with van der Waals surface area (Å²) in [6, 6.07) is 12.0. The Balaban J connectivity index is 1.76. The summed E-state index contributed by atoms with van der Waals surface area (Å²) in [5, 5.41) is 5.76. The monoisotopic (exact) mass is 515 g/mol. The molecule has 4 rings (SSSR count). The van der Waals surface area contributed by atoms with Gasteiger partial charge < -0.3 is 10.6 Å². The molecule has 2 amide bonds. The fourth-order valence-electron chi connectivity index (χ4n) is 4.02. The molecule has 7 nitrogen and oxygen atoms in total. The summed E-state index contributed by atoms with van der Waals surface area (Å²) in [4.78, 5) is 26.0. The van der Waals surface area contributed by atoms with Gasteiger partial charge in [0.1, 0.15) is 11.9 Å². The van der Waals surface area contributed by atoms with Crippen molar-refractivity contribution in [1.29, 1.82) is 0 Å². The lowest BCUT2D eigenvalue weighted by Gasteiger charge is -2.37. The van der Waals surface area contributed by atoms with Crippen molar-refractivity contribution in [2.75, 3.05) is 14.9 Å². The van der Waals surface area contributed by atoms with Crippen molar-refractivity contribution < 1.29 is 22.4 Å². The average molecular weight is 516 g/mol. The number of hydrogen-bond acceptors (Lipinski definition) is 4. The van der Waals surface area contributed by atoms with Gasteiger partial charge >= 0.3 is 0 Å². The van der Waals surface area contributed by atoms with Crippen LogP contribution in [0.15, 0.2) is 59.5 Å². The van der Waals surface area contributed by atoms with Gasteiger partial charge in [0.2, 0.25) is 11.8 Å². The van der Waals surface area contributed by atoms with Crippen molar-refractivity contribution in [3.63, 3.8) is 0 Å². The van der Waals surface area contributed by atoms with Gasteiger partial charge in [0.25, 0.3) is 10.0 Å². The molecule has 1 aliphatic rings. The summed E-state index contributed by atoms with van der Waals surface area (Å²) in [6.07, 6.45) is -0.457. The molecule has 0 bridgehead atoms. The molecule has 182 valence electrons. The van der Waals surface area contributed by atoms with Gasteiger partial charge in [0.05, 0.1) is 22.7 Å². The number of amides is 2. The topological polar surface area (TPSA) is 95.6 Å². The number of aryl methyl sites for hydroxylation is 3. The molecule has 35 heavy (non-hydrogen) atoms. The summed E-state index contributed by atoms with van der Waals surface area (Å²) < 4.78 is 42.3. The third-order valence-corrected chi connectivity index (χ3v) is 8.19. The Kier molecular flexibility index (Phi) is 6.57. The maximum Gasteiger partial charge on any atom is 0.265 e. The van der Waals surface area contributed by atoms with Crippen molar-refractivity contribution in [3.05, 3.63) is 82.1 Å². The van der Waals surface area contributed by atoms with Gasteiger partial charge in [-0.2, -0.15) is 0 Å². The minimum absolute atomic E-state index is 0.0105. The lowest BCUT2D eigenvalue weighted by Crippen LogP contribution is -2.52. The van der Waals surface area contributed by atoms with E-state index in [9.17, 15) is 22.4 Å². The van der Waals surface area contributed by atoms with Crippen molar-refractivity contribution in [2.24, 2.45) is 0 Å². The molecule has 0 aliphatic carbocycles.